The summed E-state index contributed by atoms with van der Waals surface area (Å²) in [5, 5.41) is 10.1. The lowest BCUT2D eigenvalue weighted by molar-refractivity contribution is -0.123. The standard InChI is InChI=1S/C32H30FN5O5/c1-19-12-27(36-37(19)2)32(41)38-16-28-29(17-38)43-23-9-6-20(7-10-23)15-34-30(39)18-42-24-5-3-4-21(13-24)22-8-11-26(33)25(14-22)31(40)35-28/h3-14,28-29H,15-18H2,1-2H3,(H,34,39)(H,35,40)/t28-,29-/m0/s1. The van der Waals surface area contributed by atoms with E-state index in [0.29, 0.717) is 34.9 Å². The Labute approximate surface area is 247 Å². The van der Waals surface area contributed by atoms with E-state index in [1.807, 2.05) is 19.1 Å². The van der Waals surface area contributed by atoms with Gasteiger partial charge < -0.3 is 25.0 Å². The van der Waals surface area contributed by atoms with Crippen molar-refractivity contribution in [2.75, 3.05) is 19.7 Å². The van der Waals surface area contributed by atoms with E-state index in [1.165, 1.54) is 12.1 Å². The van der Waals surface area contributed by atoms with Crippen molar-refractivity contribution in [1.29, 1.82) is 0 Å². The van der Waals surface area contributed by atoms with Gasteiger partial charge in [0.2, 0.25) is 0 Å². The van der Waals surface area contributed by atoms with Crippen molar-refractivity contribution >= 4 is 17.7 Å². The summed E-state index contributed by atoms with van der Waals surface area (Å²) < 4.78 is 28.6. The van der Waals surface area contributed by atoms with Crippen LogP contribution in [0.4, 0.5) is 4.39 Å². The quantitative estimate of drug-likeness (QED) is 0.356. The fraction of sp³-hybridized carbons (Fsp3) is 0.250. The minimum Gasteiger partial charge on any atom is -0.486 e. The zero-order valence-electron chi connectivity index (χ0n) is 23.7. The van der Waals surface area contributed by atoms with E-state index in [-0.39, 0.29) is 37.1 Å². The van der Waals surface area contributed by atoms with Gasteiger partial charge in [-0.2, -0.15) is 5.10 Å². The zero-order chi connectivity index (χ0) is 30.1. The van der Waals surface area contributed by atoms with Crippen LogP contribution in [0.3, 0.4) is 0 Å². The van der Waals surface area contributed by atoms with Gasteiger partial charge in [0.15, 0.2) is 12.3 Å². The summed E-state index contributed by atoms with van der Waals surface area (Å²) in [7, 11) is 1.76. The number of amides is 3. The molecule has 6 bridgehead atoms. The number of likely N-dealkylation sites (tertiary alicyclic amines) is 1. The van der Waals surface area contributed by atoms with Crippen LogP contribution in [0.25, 0.3) is 11.1 Å². The van der Waals surface area contributed by atoms with Gasteiger partial charge >= 0.3 is 0 Å². The Morgan fingerprint density at radius 1 is 0.977 bits per heavy atom. The number of aryl methyl sites for hydroxylation is 2. The molecule has 0 radical (unpaired) electrons. The molecule has 0 aliphatic carbocycles. The summed E-state index contributed by atoms with van der Waals surface area (Å²) in [6.45, 7) is 2.31. The van der Waals surface area contributed by atoms with Gasteiger partial charge in [-0.05, 0) is 66.1 Å². The number of rotatable bonds is 1. The third-order valence-electron chi connectivity index (χ3n) is 7.65. The highest BCUT2D eigenvalue weighted by Gasteiger charge is 2.39. The number of hydrogen-bond donors (Lipinski definition) is 2. The lowest BCUT2D eigenvalue weighted by Crippen LogP contribution is -2.45. The van der Waals surface area contributed by atoms with Crippen LogP contribution in [0.2, 0.25) is 0 Å². The molecule has 3 aliphatic heterocycles. The number of carbonyl (C=O) groups excluding carboxylic acids is 3. The fourth-order valence-electron chi connectivity index (χ4n) is 5.18. The molecule has 43 heavy (non-hydrogen) atoms. The highest BCUT2D eigenvalue weighted by Crippen LogP contribution is 2.27. The number of halogens is 1. The normalized spacial score (nSPS) is 18.6. The van der Waals surface area contributed by atoms with Gasteiger partial charge in [-0.3, -0.25) is 19.1 Å². The minimum absolute atomic E-state index is 0.147. The highest BCUT2D eigenvalue weighted by atomic mass is 19.1. The van der Waals surface area contributed by atoms with Gasteiger partial charge in [-0.15, -0.1) is 0 Å². The number of fused-ring (bicyclic) bond motifs is 7. The number of carbonyl (C=O) groups is 3. The number of benzene rings is 3. The van der Waals surface area contributed by atoms with Gasteiger partial charge in [0.25, 0.3) is 17.7 Å². The molecule has 10 nitrogen and oxygen atoms in total. The van der Waals surface area contributed by atoms with E-state index in [1.54, 1.807) is 65.2 Å². The predicted molar refractivity (Wildman–Crippen MR) is 155 cm³/mol. The molecule has 11 heteroatoms. The fourth-order valence-corrected chi connectivity index (χ4v) is 5.18. The first-order chi connectivity index (χ1) is 20.7. The van der Waals surface area contributed by atoms with Crippen LogP contribution < -0.4 is 20.1 Å². The van der Waals surface area contributed by atoms with Crippen molar-refractivity contribution < 1.29 is 28.2 Å². The van der Waals surface area contributed by atoms with E-state index < -0.39 is 23.9 Å². The van der Waals surface area contributed by atoms with Crippen LogP contribution in [0.15, 0.2) is 72.8 Å². The van der Waals surface area contributed by atoms with Gasteiger partial charge in [0, 0.05) is 25.8 Å². The van der Waals surface area contributed by atoms with Gasteiger partial charge in [0.05, 0.1) is 18.2 Å². The second-order valence-electron chi connectivity index (χ2n) is 10.7. The molecule has 7 rings (SSSR count). The second kappa shape index (κ2) is 11.6. The molecule has 0 unspecified atom stereocenters. The lowest BCUT2D eigenvalue weighted by Gasteiger charge is -2.21. The summed E-state index contributed by atoms with van der Waals surface area (Å²) in [5.41, 5.74) is 3.11. The second-order valence-corrected chi connectivity index (χ2v) is 10.7. The smallest absolute Gasteiger partial charge is 0.274 e. The van der Waals surface area contributed by atoms with Crippen LogP contribution in [-0.2, 0) is 18.4 Å². The van der Waals surface area contributed by atoms with Crippen molar-refractivity contribution in [1.82, 2.24) is 25.3 Å². The summed E-state index contributed by atoms with van der Waals surface area (Å²) in [6, 6.07) is 19.5. The summed E-state index contributed by atoms with van der Waals surface area (Å²) in [6.07, 6.45) is -0.617. The summed E-state index contributed by atoms with van der Waals surface area (Å²) in [4.78, 5) is 40.9. The predicted octanol–water partition coefficient (Wildman–Crippen LogP) is 3.25. The van der Waals surface area contributed by atoms with Crippen molar-refractivity contribution in [3.63, 3.8) is 0 Å². The average molecular weight is 584 g/mol. The topological polar surface area (TPSA) is 115 Å². The maximum atomic E-state index is 15.0. The maximum Gasteiger partial charge on any atom is 0.274 e. The molecule has 220 valence electrons. The number of nitrogens with zero attached hydrogens (tertiary/aromatic N) is 3. The Bertz CT molecular complexity index is 1680. The molecule has 4 heterocycles. The highest BCUT2D eigenvalue weighted by molar-refractivity contribution is 5.96. The molecular weight excluding hydrogens is 553 g/mol. The maximum absolute atomic E-state index is 15.0. The molecule has 3 aliphatic rings. The minimum atomic E-state index is -0.685. The Kier molecular flexibility index (Phi) is 7.54. The third-order valence-corrected chi connectivity index (χ3v) is 7.65. The van der Waals surface area contributed by atoms with Gasteiger partial charge in [0.1, 0.15) is 23.4 Å². The first-order valence-corrected chi connectivity index (χ1v) is 13.9. The number of nitrogens with one attached hydrogen (secondary N) is 2. The van der Waals surface area contributed by atoms with Crippen molar-refractivity contribution in [2.24, 2.45) is 7.05 Å². The van der Waals surface area contributed by atoms with E-state index in [9.17, 15) is 14.4 Å². The van der Waals surface area contributed by atoms with E-state index in [2.05, 4.69) is 15.7 Å². The largest absolute Gasteiger partial charge is 0.486 e. The number of hydrogen-bond acceptors (Lipinski definition) is 6. The van der Waals surface area contributed by atoms with Crippen LogP contribution in [0, 0.1) is 12.7 Å². The SMILES string of the molecule is Cc1cc(C(=O)N2C[C@@H]3NC(=O)c4cc(ccc4F)-c4cccc(c4)OCC(=O)NCc4ccc(cc4)O[C@H]3C2)nn1C. The van der Waals surface area contributed by atoms with Crippen LogP contribution >= 0.6 is 0 Å². The Morgan fingerprint density at radius 2 is 1.77 bits per heavy atom. The summed E-state index contributed by atoms with van der Waals surface area (Å²) >= 11 is 0. The molecule has 3 amide bonds. The Hall–Kier alpha value is -5.19. The van der Waals surface area contributed by atoms with Gasteiger partial charge in [-0.25, -0.2) is 4.39 Å². The summed E-state index contributed by atoms with van der Waals surface area (Å²) in [5.74, 6) is -0.916. The lowest BCUT2D eigenvalue weighted by atomic mass is 10.0. The van der Waals surface area contributed by atoms with Crippen LogP contribution in [-0.4, -0.2) is 64.2 Å². The van der Waals surface area contributed by atoms with Crippen molar-refractivity contribution in [3.8, 4) is 22.6 Å². The number of aromatic nitrogens is 2. The average Bonchev–Trinajstić information content (AvgIpc) is 3.56. The molecule has 2 atom stereocenters. The zero-order valence-corrected chi connectivity index (χ0v) is 23.7. The number of ether oxygens (including phenoxy) is 2. The molecule has 2 N–H and O–H groups in total. The van der Waals surface area contributed by atoms with Crippen molar-refractivity contribution in [2.45, 2.75) is 25.6 Å². The van der Waals surface area contributed by atoms with E-state index in [4.69, 9.17) is 9.47 Å². The third kappa shape index (κ3) is 6.06. The Morgan fingerprint density at radius 3 is 2.53 bits per heavy atom. The van der Waals surface area contributed by atoms with Crippen LogP contribution in [0.5, 0.6) is 11.5 Å². The first kappa shape index (κ1) is 28.0. The van der Waals surface area contributed by atoms with E-state index in [0.717, 1.165) is 11.3 Å². The molecule has 4 aromatic rings. The molecule has 1 aromatic heterocycles. The van der Waals surface area contributed by atoms with Gasteiger partial charge in [-0.1, -0.05) is 30.3 Å². The first-order valence-electron chi connectivity index (χ1n) is 13.9. The molecule has 0 saturated carbocycles. The van der Waals surface area contributed by atoms with E-state index >= 15 is 4.39 Å². The molecular formula is C32H30FN5O5. The molecule has 0 spiro atoms. The van der Waals surface area contributed by atoms with Crippen molar-refractivity contribution in [3.05, 3.63) is 101 Å². The monoisotopic (exact) mass is 583 g/mol. The molecule has 3 aromatic carbocycles. The Balaban J connectivity index is 1.33. The molecule has 1 fully saturated rings. The van der Waals surface area contributed by atoms with Crippen LogP contribution in [0.1, 0.15) is 32.1 Å². The molecule has 1 saturated heterocycles.